The molecule has 6 heteroatoms. The highest BCUT2D eigenvalue weighted by Gasteiger charge is 2.32. The molecule has 0 radical (unpaired) electrons. The Morgan fingerprint density at radius 3 is 2.62 bits per heavy atom. The van der Waals surface area contributed by atoms with Gasteiger partial charge < -0.3 is 14.9 Å². The van der Waals surface area contributed by atoms with Crippen LogP contribution in [0.5, 0.6) is 0 Å². The lowest BCUT2D eigenvalue weighted by atomic mass is 9.89. The number of aliphatic hydroxyl groups excluding tert-OH is 1. The number of hydrogen-bond donors (Lipinski definition) is 1. The molecule has 1 amide bonds. The standard InChI is InChI=1S/C18H30N4O2/c1-3-22-12-17(14(2)19-22)18(24)21-10-15(8-16(11-21)13-23)9-20-6-4-5-7-20/h12,15-16,23H,3-11,13H2,1-2H3/t15-,16+/m1/s1. The van der Waals surface area contributed by atoms with Gasteiger partial charge in [-0.3, -0.25) is 9.48 Å². The molecule has 0 bridgehead atoms. The van der Waals surface area contributed by atoms with Crippen LogP contribution in [0.3, 0.4) is 0 Å². The number of aryl methyl sites for hydroxylation is 2. The Labute approximate surface area is 144 Å². The molecule has 6 nitrogen and oxygen atoms in total. The summed E-state index contributed by atoms with van der Waals surface area (Å²) < 4.78 is 1.82. The van der Waals surface area contributed by atoms with Gasteiger partial charge in [-0.1, -0.05) is 0 Å². The molecule has 2 saturated heterocycles. The third-order valence-electron chi connectivity index (χ3n) is 5.39. The van der Waals surface area contributed by atoms with E-state index in [9.17, 15) is 9.90 Å². The van der Waals surface area contributed by atoms with Gasteiger partial charge in [0.2, 0.25) is 0 Å². The first-order valence-corrected chi connectivity index (χ1v) is 9.27. The zero-order valence-electron chi connectivity index (χ0n) is 14.9. The van der Waals surface area contributed by atoms with Crippen molar-refractivity contribution in [2.45, 2.75) is 39.7 Å². The number of amides is 1. The van der Waals surface area contributed by atoms with Gasteiger partial charge in [-0.25, -0.2) is 0 Å². The number of hydrogen-bond acceptors (Lipinski definition) is 4. The average molecular weight is 334 g/mol. The molecule has 3 rings (SSSR count). The van der Waals surface area contributed by atoms with Crippen LogP contribution in [0, 0.1) is 18.8 Å². The van der Waals surface area contributed by atoms with E-state index in [1.807, 2.05) is 29.6 Å². The quantitative estimate of drug-likeness (QED) is 0.884. The first kappa shape index (κ1) is 17.4. The summed E-state index contributed by atoms with van der Waals surface area (Å²) in [5, 5.41) is 14.1. The van der Waals surface area contributed by atoms with E-state index in [4.69, 9.17) is 0 Å². The maximum absolute atomic E-state index is 13.0. The molecule has 2 aliphatic heterocycles. The molecule has 0 spiro atoms. The summed E-state index contributed by atoms with van der Waals surface area (Å²) >= 11 is 0. The van der Waals surface area contributed by atoms with Crippen LogP contribution in [0.4, 0.5) is 0 Å². The summed E-state index contributed by atoms with van der Waals surface area (Å²) in [5.41, 5.74) is 1.50. The molecule has 24 heavy (non-hydrogen) atoms. The molecule has 0 saturated carbocycles. The van der Waals surface area contributed by atoms with Crippen LogP contribution >= 0.6 is 0 Å². The van der Waals surface area contributed by atoms with Crippen molar-refractivity contribution in [2.24, 2.45) is 11.8 Å². The van der Waals surface area contributed by atoms with E-state index >= 15 is 0 Å². The summed E-state index contributed by atoms with van der Waals surface area (Å²) in [7, 11) is 0. The van der Waals surface area contributed by atoms with Crippen LogP contribution in [0.25, 0.3) is 0 Å². The Morgan fingerprint density at radius 1 is 1.29 bits per heavy atom. The lowest BCUT2D eigenvalue weighted by molar-refractivity contribution is 0.0465. The highest BCUT2D eigenvalue weighted by molar-refractivity contribution is 5.95. The number of carbonyl (C=O) groups excluding carboxylic acids is 1. The zero-order valence-corrected chi connectivity index (χ0v) is 14.9. The molecular formula is C18H30N4O2. The Balaban J connectivity index is 1.70. The van der Waals surface area contributed by atoms with E-state index < -0.39 is 0 Å². The summed E-state index contributed by atoms with van der Waals surface area (Å²) in [6, 6.07) is 0. The Kier molecular flexibility index (Phi) is 5.56. The maximum Gasteiger partial charge on any atom is 0.257 e. The van der Waals surface area contributed by atoms with E-state index in [0.29, 0.717) is 18.0 Å². The number of likely N-dealkylation sites (tertiary alicyclic amines) is 2. The van der Waals surface area contributed by atoms with Crippen molar-refractivity contribution in [1.29, 1.82) is 0 Å². The van der Waals surface area contributed by atoms with Crippen LogP contribution in [0.15, 0.2) is 6.20 Å². The largest absolute Gasteiger partial charge is 0.396 e. The molecule has 1 aromatic heterocycles. The fourth-order valence-corrected chi connectivity index (χ4v) is 4.14. The molecule has 3 heterocycles. The van der Waals surface area contributed by atoms with E-state index in [2.05, 4.69) is 10.00 Å². The molecule has 2 atom stereocenters. The predicted octanol–water partition coefficient (Wildman–Crippen LogP) is 1.38. The second-order valence-electron chi connectivity index (χ2n) is 7.35. The third-order valence-corrected chi connectivity index (χ3v) is 5.39. The lowest BCUT2D eigenvalue weighted by Crippen LogP contribution is -2.47. The average Bonchev–Trinajstić information content (AvgIpc) is 3.23. The van der Waals surface area contributed by atoms with Crippen molar-refractivity contribution < 1.29 is 9.90 Å². The molecular weight excluding hydrogens is 304 g/mol. The molecule has 2 aliphatic rings. The Morgan fingerprint density at radius 2 is 2.00 bits per heavy atom. The van der Waals surface area contributed by atoms with Crippen molar-refractivity contribution in [1.82, 2.24) is 19.6 Å². The molecule has 134 valence electrons. The highest BCUT2D eigenvalue weighted by Crippen LogP contribution is 2.25. The number of nitrogens with zero attached hydrogens (tertiary/aromatic N) is 4. The molecule has 0 aromatic carbocycles. The Bertz CT molecular complexity index is 565. The highest BCUT2D eigenvalue weighted by atomic mass is 16.3. The maximum atomic E-state index is 13.0. The minimum absolute atomic E-state index is 0.0665. The number of aromatic nitrogens is 2. The van der Waals surface area contributed by atoms with Gasteiger partial charge in [0.25, 0.3) is 5.91 Å². The second-order valence-corrected chi connectivity index (χ2v) is 7.35. The molecule has 2 fully saturated rings. The van der Waals surface area contributed by atoms with Crippen LogP contribution in [0.1, 0.15) is 42.2 Å². The van der Waals surface area contributed by atoms with Gasteiger partial charge in [0, 0.05) is 39.0 Å². The van der Waals surface area contributed by atoms with Gasteiger partial charge in [0.15, 0.2) is 0 Å². The molecule has 0 unspecified atom stereocenters. The van der Waals surface area contributed by atoms with E-state index in [1.54, 1.807) is 0 Å². The van der Waals surface area contributed by atoms with Gasteiger partial charge in [-0.2, -0.15) is 5.10 Å². The lowest BCUT2D eigenvalue weighted by Gasteiger charge is -2.38. The van der Waals surface area contributed by atoms with E-state index in [-0.39, 0.29) is 18.4 Å². The topological polar surface area (TPSA) is 61.6 Å². The van der Waals surface area contributed by atoms with Crippen LogP contribution in [-0.4, -0.2) is 69.9 Å². The molecule has 1 aromatic rings. The smallest absolute Gasteiger partial charge is 0.257 e. The van der Waals surface area contributed by atoms with Gasteiger partial charge in [0.05, 0.1) is 11.3 Å². The zero-order chi connectivity index (χ0) is 17.1. The normalized spacial score (nSPS) is 25.4. The van der Waals surface area contributed by atoms with Crippen molar-refractivity contribution in [2.75, 3.05) is 39.3 Å². The Hall–Kier alpha value is -1.40. The van der Waals surface area contributed by atoms with Crippen LogP contribution in [0.2, 0.25) is 0 Å². The summed E-state index contributed by atoms with van der Waals surface area (Å²) in [6.45, 7) is 9.70. The van der Waals surface area contributed by atoms with E-state index in [0.717, 1.165) is 31.7 Å². The van der Waals surface area contributed by atoms with Crippen molar-refractivity contribution >= 4 is 5.91 Å². The minimum Gasteiger partial charge on any atom is -0.396 e. The number of carbonyl (C=O) groups is 1. The van der Waals surface area contributed by atoms with Crippen LogP contribution in [-0.2, 0) is 6.54 Å². The monoisotopic (exact) mass is 334 g/mol. The fraction of sp³-hybridized carbons (Fsp3) is 0.778. The number of piperidine rings is 1. The number of aliphatic hydroxyl groups is 1. The summed E-state index contributed by atoms with van der Waals surface area (Å²) in [4.78, 5) is 17.4. The molecule has 1 N–H and O–H groups in total. The molecule has 0 aliphatic carbocycles. The second kappa shape index (κ2) is 7.66. The number of rotatable bonds is 5. The van der Waals surface area contributed by atoms with Gasteiger partial charge >= 0.3 is 0 Å². The van der Waals surface area contributed by atoms with Gasteiger partial charge in [0.1, 0.15) is 0 Å². The van der Waals surface area contributed by atoms with Crippen molar-refractivity contribution in [3.8, 4) is 0 Å². The third kappa shape index (κ3) is 3.81. The summed E-state index contributed by atoms with van der Waals surface area (Å²) in [5.74, 6) is 0.716. The first-order chi connectivity index (χ1) is 11.6. The fourth-order valence-electron chi connectivity index (χ4n) is 4.14. The first-order valence-electron chi connectivity index (χ1n) is 9.27. The van der Waals surface area contributed by atoms with Crippen molar-refractivity contribution in [3.05, 3.63) is 17.5 Å². The predicted molar refractivity (Wildman–Crippen MR) is 92.9 cm³/mol. The van der Waals surface area contributed by atoms with Crippen molar-refractivity contribution in [3.63, 3.8) is 0 Å². The summed E-state index contributed by atoms with van der Waals surface area (Å²) in [6.07, 6.45) is 5.45. The van der Waals surface area contributed by atoms with E-state index in [1.165, 1.54) is 25.9 Å². The van der Waals surface area contributed by atoms with Crippen LogP contribution < -0.4 is 0 Å². The van der Waals surface area contributed by atoms with Gasteiger partial charge in [-0.15, -0.1) is 0 Å². The van der Waals surface area contributed by atoms with Gasteiger partial charge in [-0.05, 0) is 58.0 Å². The minimum atomic E-state index is 0.0665. The SMILES string of the molecule is CCn1cc(C(=O)N2C[C@@H](CN3CCCC3)C[C@H](CO)C2)c(C)n1.